The molecule has 0 aliphatic heterocycles. The predicted octanol–water partition coefficient (Wildman–Crippen LogP) is 0.898. The zero-order valence-corrected chi connectivity index (χ0v) is 10.6. The lowest BCUT2D eigenvalue weighted by atomic mass is 10.0. The van der Waals surface area contributed by atoms with Gasteiger partial charge in [0.1, 0.15) is 11.9 Å². The highest BCUT2D eigenvalue weighted by atomic mass is 79.9. The SMILES string of the molecule is CNC(=O)c1cc2c(c(F)c1Br)CC(O)C2O. The van der Waals surface area contributed by atoms with Crippen LogP contribution in [0.5, 0.6) is 0 Å². The Morgan fingerprint density at radius 1 is 1.59 bits per heavy atom. The van der Waals surface area contributed by atoms with E-state index in [1.165, 1.54) is 13.1 Å². The Morgan fingerprint density at radius 2 is 2.24 bits per heavy atom. The fourth-order valence-electron chi connectivity index (χ4n) is 1.98. The molecule has 17 heavy (non-hydrogen) atoms. The number of aliphatic hydroxyl groups excluding tert-OH is 2. The molecule has 0 aromatic heterocycles. The van der Waals surface area contributed by atoms with Crippen LogP contribution < -0.4 is 5.32 Å². The van der Waals surface area contributed by atoms with Gasteiger partial charge in [0.15, 0.2) is 0 Å². The Hall–Kier alpha value is -0.980. The molecule has 0 heterocycles. The van der Waals surface area contributed by atoms with Gasteiger partial charge in [-0.05, 0) is 33.1 Å². The third kappa shape index (κ3) is 1.86. The molecule has 1 aliphatic rings. The van der Waals surface area contributed by atoms with Crippen molar-refractivity contribution in [2.45, 2.75) is 18.6 Å². The first-order valence-corrected chi connectivity index (χ1v) is 5.85. The lowest BCUT2D eigenvalue weighted by Gasteiger charge is -2.11. The van der Waals surface area contributed by atoms with Gasteiger partial charge in [-0.15, -0.1) is 0 Å². The summed E-state index contributed by atoms with van der Waals surface area (Å²) in [5.74, 6) is -1.05. The van der Waals surface area contributed by atoms with Crippen LogP contribution in [0.4, 0.5) is 4.39 Å². The Kier molecular flexibility index (Phi) is 3.20. The summed E-state index contributed by atoms with van der Waals surface area (Å²) in [6.07, 6.45) is -2.11. The topological polar surface area (TPSA) is 69.6 Å². The lowest BCUT2D eigenvalue weighted by Crippen LogP contribution is -2.19. The van der Waals surface area contributed by atoms with Gasteiger partial charge >= 0.3 is 0 Å². The standard InChI is InChI=1S/C11H11BrFNO3/c1-14-11(17)6-2-5-4(9(13)8(6)12)3-7(15)10(5)16/h2,7,10,15-16H,3H2,1H3,(H,14,17). The minimum absolute atomic E-state index is 0.0506. The van der Waals surface area contributed by atoms with Crippen LogP contribution in [-0.4, -0.2) is 29.3 Å². The highest BCUT2D eigenvalue weighted by Gasteiger charge is 2.34. The van der Waals surface area contributed by atoms with Gasteiger partial charge in [0, 0.05) is 13.5 Å². The zero-order chi connectivity index (χ0) is 12.7. The summed E-state index contributed by atoms with van der Waals surface area (Å²) in [7, 11) is 1.44. The molecule has 2 rings (SSSR count). The van der Waals surface area contributed by atoms with Crippen molar-refractivity contribution < 1.29 is 19.4 Å². The second kappa shape index (κ2) is 4.36. The summed E-state index contributed by atoms with van der Waals surface area (Å²) in [5.41, 5.74) is 0.637. The molecule has 1 amide bonds. The van der Waals surface area contributed by atoms with Gasteiger partial charge in [-0.1, -0.05) is 0 Å². The Labute approximate surface area is 106 Å². The van der Waals surface area contributed by atoms with Crippen molar-refractivity contribution in [3.8, 4) is 0 Å². The highest BCUT2D eigenvalue weighted by Crippen LogP contribution is 2.37. The normalized spacial score (nSPS) is 22.4. The first kappa shape index (κ1) is 12.5. The van der Waals surface area contributed by atoms with Crippen molar-refractivity contribution in [1.29, 1.82) is 0 Å². The van der Waals surface area contributed by atoms with E-state index < -0.39 is 23.9 Å². The van der Waals surface area contributed by atoms with Crippen LogP contribution in [0, 0.1) is 5.82 Å². The second-order valence-electron chi connectivity index (χ2n) is 3.92. The highest BCUT2D eigenvalue weighted by molar-refractivity contribution is 9.10. The number of carbonyl (C=O) groups excluding carboxylic acids is 1. The summed E-state index contributed by atoms with van der Waals surface area (Å²) in [5, 5.41) is 21.6. The fraction of sp³-hybridized carbons (Fsp3) is 0.364. The first-order valence-electron chi connectivity index (χ1n) is 5.06. The molecule has 6 heteroatoms. The molecule has 1 aromatic carbocycles. The van der Waals surface area contributed by atoms with Gasteiger partial charge in [0.05, 0.1) is 16.1 Å². The number of halogens is 2. The molecule has 0 saturated heterocycles. The van der Waals surface area contributed by atoms with Crippen LogP contribution in [0.2, 0.25) is 0 Å². The first-order chi connectivity index (χ1) is 7.97. The number of aliphatic hydroxyl groups is 2. The average molecular weight is 304 g/mol. The van der Waals surface area contributed by atoms with Crippen molar-refractivity contribution >= 4 is 21.8 Å². The molecule has 0 bridgehead atoms. The summed E-state index contributed by atoms with van der Waals surface area (Å²) in [6.45, 7) is 0. The molecule has 3 N–H and O–H groups in total. The van der Waals surface area contributed by atoms with E-state index in [1.54, 1.807) is 0 Å². The number of benzene rings is 1. The van der Waals surface area contributed by atoms with Crippen molar-refractivity contribution in [3.05, 3.63) is 33.0 Å². The number of fused-ring (bicyclic) bond motifs is 1. The third-order valence-corrected chi connectivity index (χ3v) is 3.69. The molecule has 2 unspecified atom stereocenters. The molecule has 0 radical (unpaired) electrons. The molecular formula is C11H11BrFNO3. The van der Waals surface area contributed by atoms with Crippen molar-refractivity contribution in [2.75, 3.05) is 7.05 Å². The Morgan fingerprint density at radius 3 is 2.82 bits per heavy atom. The van der Waals surface area contributed by atoms with E-state index in [1.807, 2.05) is 0 Å². The summed E-state index contributed by atoms with van der Waals surface area (Å²) in [4.78, 5) is 11.5. The zero-order valence-electron chi connectivity index (χ0n) is 9.00. The molecule has 0 spiro atoms. The smallest absolute Gasteiger partial charge is 0.252 e. The largest absolute Gasteiger partial charge is 0.390 e. The monoisotopic (exact) mass is 303 g/mol. The van der Waals surface area contributed by atoms with Crippen LogP contribution in [0.25, 0.3) is 0 Å². The summed E-state index contributed by atoms with van der Waals surface area (Å²) < 4.78 is 14.0. The predicted molar refractivity (Wildman–Crippen MR) is 62.2 cm³/mol. The fourth-order valence-corrected chi connectivity index (χ4v) is 2.52. The number of rotatable bonds is 1. The van der Waals surface area contributed by atoms with Crippen LogP contribution in [0.1, 0.15) is 27.6 Å². The molecule has 0 fully saturated rings. The Bertz CT molecular complexity index is 492. The van der Waals surface area contributed by atoms with Gasteiger partial charge < -0.3 is 15.5 Å². The second-order valence-corrected chi connectivity index (χ2v) is 4.71. The van der Waals surface area contributed by atoms with Crippen molar-refractivity contribution in [2.24, 2.45) is 0 Å². The van der Waals surface area contributed by atoms with Crippen LogP contribution >= 0.6 is 15.9 Å². The van der Waals surface area contributed by atoms with Gasteiger partial charge in [-0.25, -0.2) is 4.39 Å². The summed E-state index contributed by atoms with van der Waals surface area (Å²) in [6, 6.07) is 1.40. The van der Waals surface area contributed by atoms with E-state index in [2.05, 4.69) is 21.2 Å². The maximum Gasteiger partial charge on any atom is 0.252 e. The van der Waals surface area contributed by atoms with Crippen LogP contribution in [0.3, 0.4) is 0 Å². The van der Waals surface area contributed by atoms with Crippen LogP contribution in [-0.2, 0) is 6.42 Å². The quantitative estimate of drug-likeness (QED) is 0.722. The minimum atomic E-state index is -1.14. The molecule has 0 saturated carbocycles. The van der Waals surface area contributed by atoms with Gasteiger partial charge in [0.25, 0.3) is 5.91 Å². The number of hydrogen-bond acceptors (Lipinski definition) is 3. The average Bonchev–Trinajstić information content (AvgIpc) is 2.60. The molecule has 92 valence electrons. The van der Waals surface area contributed by atoms with Gasteiger partial charge in [-0.3, -0.25) is 4.79 Å². The maximum absolute atomic E-state index is 14.0. The van der Waals surface area contributed by atoms with Crippen molar-refractivity contribution in [3.63, 3.8) is 0 Å². The molecule has 1 aliphatic carbocycles. The molecule has 1 aromatic rings. The maximum atomic E-state index is 14.0. The molecule has 2 atom stereocenters. The van der Waals surface area contributed by atoms with E-state index in [4.69, 9.17) is 0 Å². The number of nitrogens with one attached hydrogen (secondary N) is 1. The van der Waals surface area contributed by atoms with E-state index >= 15 is 0 Å². The van der Waals surface area contributed by atoms with Gasteiger partial charge in [-0.2, -0.15) is 0 Å². The lowest BCUT2D eigenvalue weighted by molar-refractivity contribution is 0.0325. The number of carbonyl (C=O) groups is 1. The molecule has 4 nitrogen and oxygen atoms in total. The van der Waals surface area contributed by atoms with E-state index in [0.29, 0.717) is 0 Å². The number of hydrogen-bond donors (Lipinski definition) is 3. The van der Waals surface area contributed by atoms with E-state index in [-0.39, 0.29) is 27.6 Å². The molecular weight excluding hydrogens is 293 g/mol. The minimum Gasteiger partial charge on any atom is -0.390 e. The van der Waals surface area contributed by atoms with E-state index in [0.717, 1.165) is 0 Å². The third-order valence-electron chi connectivity index (χ3n) is 2.91. The van der Waals surface area contributed by atoms with E-state index in [9.17, 15) is 19.4 Å². The van der Waals surface area contributed by atoms with Crippen LogP contribution in [0.15, 0.2) is 10.5 Å². The number of amides is 1. The van der Waals surface area contributed by atoms with Gasteiger partial charge in [0.2, 0.25) is 0 Å². The Balaban J connectivity index is 2.61. The summed E-state index contributed by atoms with van der Waals surface area (Å²) >= 11 is 3.02. The van der Waals surface area contributed by atoms with Crippen molar-refractivity contribution in [1.82, 2.24) is 5.32 Å².